The number of hydrogen-bond donors (Lipinski definition) is 0. The van der Waals surface area contributed by atoms with E-state index in [1.165, 1.54) is 0 Å². The van der Waals surface area contributed by atoms with Crippen LogP contribution >= 0.6 is 0 Å². The van der Waals surface area contributed by atoms with Crippen molar-refractivity contribution in [3.63, 3.8) is 0 Å². The fourth-order valence-electron chi connectivity index (χ4n) is 1.61. The molecule has 0 saturated carbocycles. The van der Waals surface area contributed by atoms with Gasteiger partial charge in [-0.15, -0.1) is 5.92 Å². The maximum absolute atomic E-state index is 11.6. The second-order valence-corrected chi connectivity index (χ2v) is 4.34. The van der Waals surface area contributed by atoms with Crippen LogP contribution in [0.5, 0.6) is 0 Å². The number of esters is 1. The number of carbonyl (C=O) groups is 1. The summed E-state index contributed by atoms with van der Waals surface area (Å²) in [6, 6.07) is 0. The molecule has 0 fully saturated rings. The van der Waals surface area contributed by atoms with E-state index in [9.17, 15) is 4.79 Å². The highest BCUT2D eigenvalue weighted by molar-refractivity contribution is 5.88. The monoisotopic (exact) mass is 208 g/mol. The number of hydrogen-bond acceptors (Lipinski definition) is 2. The fourth-order valence-corrected chi connectivity index (χ4v) is 1.61. The van der Waals surface area contributed by atoms with Crippen LogP contribution in [0, 0.1) is 11.8 Å². The molecule has 1 heterocycles. The molecule has 0 saturated heterocycles. The number of nitrogens with zero attached hydrogens (tertiary/aromatic N) is 1. The number of ether oxygens (including phenoxy) is 1. The molecule has 3 nitrogen and oxygen atoms in total. The van der Waals surface area contributed by atoms with Gasteiger partial charge in [-0.1, -0.05) is 12.0 Å². The first kappa shape index (κ1) is 11.8. The molecule has 0 aromatic rings. The normalized spacial score (nSPS) is 18.5. The van der Waals surface area contributed by atoms with Gasteiger partial charge in [0.1, 0.15) is 6.54 Å². The molecular formula is C12H18NO2+. The average Bonchev–Trinajstić information content (AvgIpc) is 2.16. The Morgan fingerprint density at radius 3 is 2.93 bits per heavy atom. The lowest BCUT2D eigenvalue weighted by atomic mass is 10.1. The summed E-state index contributed by atoms with van der Waals surface area (Å²) in [5.74, 6) is 5.19. The number of rotatable bonds is 2. The molecule has 1 rings (SSSR count). The van der Waals surface area contributed by atoms with Crippen LogP contribution in [-0.2, 0) is 9.53 Å². The van der Waals surface area contributed by atoms with E-state index >= 15 is 0 Å². The Morgan fingerprint density at radius 2 is 2.33 bits per heavy atom. The topological polar surface area (TPSA) is 26.3 Å². The van der Waals surface area contributed by atoms with Crippen LogP contribution in [0.2, 0.25) is 0 Å². The minimum Gasteiger partial charge on any atom is -0.449 e. The summed E-state index contributed by atoms with van der Waals surface area (Å²) in [6.45, 7) is 3.75. The molecule has 0 spiro atoms. The quantitative estimate of drug-likeness (QED) is 0.384. The van der Waals surface area contributed by atoms with E-state index in [-0.39, 0.29) is 12.6 Å². The Kier molecular flexibility index (Phi) is 3.93. The Morgan fingerprint density at radius 1 is 1.60 bits per heavy atom. The van der Waals surface area contributed by atoms with Crippen molar-refractivity contribution in [2.75, 3.05) is 33.8 Å². The molecule has 0 N–H and O–H groups in total. The van der Waals surface area contributed by atoms with Crippen molar-refractivity contribution in [2.45, 2.75) is 13.3 Å². The van der Waals surface area contributed by atoms with Crippen molar-refractivity contribution in [3.8, 4) is 11.8 Å². The summed E-state index contributed by atoms with van der Waals surface area (Å²) >= 11 is 0. The fraction of sp³-hybridized carbons (Fsp3) is 0.583. The van der Waals surface area contributed by atoms with Crippen molar-refractivity contribution in [1.29, 1.82) is 0 Å². The van der Waals surface area contributed by atoms with Crippen LogP contribution in [0.25, 0.3) is 0 Å². The maximum atomic E-state index is 11.6. The molecule has 3 heteroatoms. The van der Waals surface area contributed by atoms with Gasteiger partial charge in [0.05, 0.1) is 26.2 Å². The second-order valence-electron chi connectivity index (χ2n) is 4.34. The van der Waals surface area contributed by atoms with Crippen LogP contribution < -0.4 is 0 Å². The summed E-state index contributed by atoms with van der Waals surface area (Å²) in [5.41, 5.74) is 0.782. The van der Waals surface area contributed by atoms with Crippen molar-refractivity contribution in [1.82, 2.24) is 0 Å². The van der Waals surface area contributed by atoms with Crippen LogP contribution in [0.4, 0.5) is 0 Å². The Labute approximate surface area is 91.3 Å². The Balaban J connectivity index is 2.52. The second kappa shape index (κ2) is 4.99. The third-order valence-electron chi connectivity index (χ3n) is 2.44. The predicted octanol–water partition coefficient (Wildman–Crippen LogP) is 0.959. The van der Waals surface area contributed by atoms with E-state index in [1.54, 1.807) is 6.92 Å². The van der Waals surface area contributed by atoms with E-state index in [0.29, 0.717) is 0 Å². The van der Waals surface area contributed by atoms with Gasteiger partial charge in [0.15, 0.2) is 6.61 Å². The highest BCUT2D eigenvalue weighted by Gasteiger charge is 2.25. The van der Waals surface area contributed by atoms with Crippen molar-refractivity contribution >= 4 is 5.97 Å². The molecule has 0 aromatic heterocycles. The highest BCUT2D eigenvalue weighted by Crippen LogP contribution is 2.14. The Bertz CT molecular complexity index is 331. The van der Waals surface area contributed by atoms with Gasteiger partial charge in [0.25, 0.3) is 0 Å². The summed E-state index contributed by atoms with van der Waals surface area (Å²) < 4.78 is 5.87. The van der Waals surface area contributed by atoms with Gasteiger partial charge in [-0.3, -0.25) is 0 Å². The lowest BCUT2D eigenvalue weighted by Gasteiger charge is -2.32. The SMILES string of the molecule is CC#CCOC(=O)C1=CCC[N+](C)(C)C1. The lowest BCUT2D eigenvalue weighted by molar-refractivity contribution is -0.886. The van der Waals surface area contributed by atoms with Gasteiger partial charge >= 0.3 is 5.97 Å². The number of quaternary nitrogens is 1. The molecule has 0 unspecified atom stereocenters. The summed E-state index contributed by atoms with van der Waals surface area (Å²) in [6.07, 6.45) is 2.92. The first-order chi connectivity index (χ1) is 7.05. The zero-order valence-electron chi connectivity index (χ0n) is 9.67. The zero-order valence-corrected chi connectivity index (χ0v) is 9.67. The van der Waals surface area contributed by atoms with E-state index in [1.807, 2.05) is 6.08 Å². The van der Waals surface area contributed by atoms with Gasteiger partial charge in [0.2, 0.25) is 0 Å². The van der Waals surface area contributed by atoms with Crippen molar-refractivity contribution < 1.29 is 14.0 Å². The van der Waals surface area contributed by atoms with E-state index < -0.39 is 0 Å². The van der Waals surface area contributed by atoms with Gasteiger partial charge in [-0.25, -0.2) is 4.79 Å². The lowest BCUT2D eigenvalue weighted by Crippen LogP contribution is -2.45. The molecule has 0 atom stereocenters. The van der Waals surface area contributed by atoms with Crippen molar-refractivity contribution in [2.24, 2.45) is 0 Å². The minimum absolute atomic E-state index is 0.195. The van der Waals surface area contributed by atoms with Crippen LogP contribution in [0.1, 0.15) is 13.3 Å². The molecule has 0 amide bonds. The first-order valence-electron chi connectivity index (χ1n) is 5.13. The largest absolute Gasteiger partial charge is 0.449 e. The highest BCUT2D eigenvalue weighted by atomic mass is 16.5. The average molecular weight is 208 g/mol. The van der Waals surface area contributed by atoms with Gasteiger partial charge in [0, 0.05) is 6.42 Å². The third-order valence-corrected chi connectivity index (χ3v) is 2.44. The van der Waals surface area contributed by atoms with E-state index in [0.717, 1.165) is 29.6 Å². The number of carbonyl (C=O) groups excluding carboxylic acids is 1. The molecular weight excluding hydrogens is 190 g/mol. The molecule has 0 radical (unpaired) electrons. The third kappa shape index (κ3) is 3.77. The molecule has 1 aliphatic heterocycles. The van der Waals surface area contributed by atoms with Gasteiger partial charge in [-0.2, -0.15) is 0 Å². The molecule has 15 heavy (non-hydrogen) atoms. The molecule has 0 aromatic carbocycles. The standard InChI is InChI=1S/C12H18NO2/c1-4-5-9-15-12(14)11-7-6-8-13(2,3)10-11/h7H,6,8-10H2,1-3H3/q+1. The first-order valence-corrected chi connectivity index (χ1v) is 5.13. The predicted molar refractivity (Wildman–Crippen MR) is 59.0 cm³/mol. The molecule has 0 aliphatic carbocycles. The van der Waals surface area contributed by atoms with Crippen LogP contribution in [-0.4, -0.2) is 44.2 Å². The van der Waals surface area contributed by atoms with E-state index in [4.69, 9.17) is 4.74 Å². The van der Waals surface area contributed by atoms with Gasteiger partial charge < -0.3 is 9.22 Å². The molecule has 1 aliphatic rings. The molecule has 82 valence electrons. The molecule has 0 bridgehead atoms. The summed E-state index contributed by atoms with van der Waals surface area (Å²) in [7, 11) is 4.23. The van der Waals surface area contributed by atoms with Crippen LogP contribution in [0.3, 0.4) is 0 Å². The maximum Gasteiger partial charge on any atom is 0.340 e. The number of likely N-dealkylation sites (N-methyl/N-ethyl adjacent to an activating group) is 1. The summed E-state index contributed by atoms with van der Waals surface area (Å²) in [4.78, 5) is 11.6. The smallest absolute Gasteiger partial charge is 0.340 e. The van der Waals surface area contributed by atoms with Crippen molar-refractivity contribution in [3.05, 3.63) is 11.6 Å². The Hall–Kier alpha value is -1.27. The minimum atomic E-state index is -0.219. The summed E-state index contributed by atoms with van der Waals surface area (Å²) in [5, 5.41) is 0. The van der Waals surface area contributed by atoms with Gasteiger partial charge in [-0.05, 0) is 6.92 Å². The zero-order chi connectivity index (χ0) is 11.3. The van der Waals surface area contributed by atoms with Crippen LogP contribution in [0.15, 0.2) is 11.6 Å². The van der Waals surface area contributed by atoms with E-state index in [2.05, 4.69) is 25.9 Å².